The smallest absolute Gasteiger partial charge is 0.225 e. The van der Waals surface area contributed by atoms with E-state index in [0.717, 1.165) is 4.88 Å². The van der Waals surface area contributed by atoms with Gasteiger partial charge in [-0.05, 0) is 29.0 Å². The second-order valence-electron chi connectivity index (χ2n) is 4.55. The van der Waals surface area contributed by atoms with Crippen molar-refractivity contribution >= 4 is 33.0 Å². The van der Waals surface area contributed by atoms with Gasteiger partial charge in [0.25, 0.3) is 0 Å². The van der Waals surface area contributed by atoms with E-state index in [1.807, 2.05) is 31.4 Å². The molecule has 0 bridgehead atoms. The van der Waals surface area contributed by atoms with Crippen molar-refractivity contribution in [3.8, 4) is 0 Å². The number of sulfonamides is 1. The lowest BCUT2D eigenvalue weighted by Gasteiger charge is -2.20. The van der Waals surface area contributed by atoms with E-state index in [4.69, 9.17) is 11.6 Å². The first-order valence-electron chi connectivity index (χ1n) is 5.93. The molecular weight excluding hydrogens is 318 g/mol. The molecule has 0 spiro atoms. The van der Waals surface area contributed by atoms with Gasteiger partial charge in [0.1, 0.15) is 4.90 Å². The van der Waals surface area contributed by atoms with Gasteiger partial charge in [0, 0.05) is 4.88 Å². The molecule has 5 nitrogen and oxygen atoms in total. The highest BCUT2D eigenvalue weighted by Crippen LogP contribution is 2.27. The van der Waals surface area contributed by atoms with Crippen LogP contribution >= 0.6 is 22.9 Å². The molecule has 1 unspecified atom stereocenters. The maximum Gasteiger partial charge on any atom is 0.244 e. The van der Waals surface area contributed by atoms with E-state index in [9.17, 15) is 8.42 Å². The van der Waals surface area contributed by atoms with Gasteiger partial charge in [0.2, 0.25) is 15.3 Å². The highest BCUT2D eigenvalue weighted by atomic mass is 35.5. The van der Waals surface area contributed by atoms with E-state index < -0.39 is 10.0 Å². The highest BCUT2D eigenvalue weighted by Gasteiger charge is 2.25. The summed E-state index contributed by atoms with van der Waals surface area (Å²) < 4.78 is 27.3. The Labute approximate surface area is 127 Å². The summed E-state index contributed by atoms with van der Waals surface area (Å²) >= 11 is 7.08. The van der Waals surface area contributed by atoms with Crippen LogP contribution in [0.4, 0.5) is 0 Å². The zero-order valence-corrected chi connectivity index (χ0v) is 13.3. The third-order valence-electron chi connectivity index (χ3n) is 2.71. The lowest BCUT2D eigenvalue weighted by atomic mass is 10.0. The Hall–Kier alpha value is -1.02. The Bertz CT molecular complexity index is 655. The Morgan fingerprint density at radius 3 is 2.45 bits per heavy atom. The van der Waals surface area contributed by atoms with Gasteiger partial charge >= 0.3 is 0 Å². The summed E-state index contributed by atoms with van der Waals surface area (Å²) in [6, 6.07) is 3.53. The third-order valence-corrected chi connectivity index (χ3v) is 5.25. The lowest BCUT2D eigenvalue weighted by molar-refractivity contribution is 0.468. The monoisotopic (exact) mass is 331 g/mol. The molecule has 2 aromatic rings. The topological polar surface area (TPSA) is 72.0 Å². The van der Waals surface area contributed by atoms with Gasteiger partial charge in [-0.25, -0.2) is 23.1 Å². The molecular formula is C12H14ClN3O2S2. The Morgan fingerprint density at radius 1 is 1.30 bits per heavy atom. The quantitative estimate of drug-likeness (QED) is 0.855. The molecule has 108 valence electrons. The van der Waals surface area contributed by atoms with Crippen LogP contribution in [0.1, 0.15) is 24.8 Å². The summed E-state index contributed by atoms with van der Waals surface area (Å²) in [6.45, 7) is 3.93. The van der Waals surface area contributed by atoms with Gasteiger partial charge in [0.05, 0.1) is 18.4 Å². The number of aromatic nitrogens is 2. The molecule has 0 saturated heterocycles. The number of hydrogen-bond donors (Lipinski definition) is 1. The number of nitrogens with one attached hydrogen (secondary N) is 1. The van der Waals surface area contributed by atoms with E-state index >= 15 is 0 Å². The summed E-state index contributed by atoms with van der Waals surface area (Å²) in [5, 5.41) is 1.94. The van der Waals surface area contributed by atoms with Gasteiger partial charge in [0.15, 0.2) is 0 Å². The van der Waals surface area contributed by atoms with Gasteiger partial charge < -0.3 is 0 Å². The van der Waals surface area contributed by atoms with E-state index in [1.54, 1.807) is 0 Å². The van der Waals surface area contributed by atoms with Crippen LogP contribution in [-0.4, -0.2) is 18.4 Å². The molecule has 0 aliphatic heterocycles. The average molecular weight is 332 g/mol. The minimum atomic E-state index is -3.67. The predicted molar refractivity (Wildman–Crippen MR) is 79.3 cm³/mol. The second kappa shape index (κ2) is 6.17. The van der Waals surface area contributed by atoms with Crippen molar-refractivity contribution in [3.63, 3.8) is 0 Å². The van der Waals surface area contributed by atoms with E-state index in [2.05, 4.69) is 14.7 Å². The lowest BCUT2D eigenvalue weighted by Crippen LogP contribution is -2.31. The maximum absolute atomic E-state index is 12.3. The van der Waals surface area contributed by atoms with Gasteiger partial charge in [-0.3, -0.25) is 0 Å². The molecule has 8 heteroatoms. The zero-order valence-electron chi connectivity index (χ0n) is 10.9. The molecule has 2 aromatic heterocycles. The van der Waals surface area contributed by atoms with Crippen LogP contribution in [0.5, 0.6) is 0 Å². The maximum atomic E-state index is 12.3. The molecule has 0 radical (unpaired) electrons. The predicted octanol–water partition coefficient (Wildman–Crippen LogP) is 2.87. The molecule has 1 N–H and O–H groups in total. The third kappa shape index (κ3) is 3.54. The fourth-order valence-electron chi connectivity index (χ4n) is 1.67. The molecule has 0 saturated carbocycles. The number of halogens is 1. The highest BCUT2D eigenvalue weighted by molar-refractivity contribution is 7.89. The minimum absolute atomic E-state index is 0.00380. The summed E-state index contributed by atoms with van der Waals surface area (Å²) in [4.78, 5) is 8.37. The van der Waals surface area contributed by atoms with E-state index in [0.29, 0.717) is 0 Å². The van der Waals surface area contributed by atoms with Crippen molar-refractivity contribution in [2.75, 3.05) is 0 Å². The van der Waals surface area contributed by atoms with Gasteiger partial charge in [-0.2, -0.15) is 0 Å². The van der Waals surface area contributed by atoms with Crippen molar-refractivity contribution in [3.05, 3.63) is 40.1 Å². The van der Waals surface area contributed by atoms with Gasteiger partial charge in [-0.1, -0.05) is 19.9 Å². The number of nitrogens with zero attached hydrogens (tertiary/aromatic N) is 2. The van der Waals surface area contributed by atoms with Crippen LogP contribution in [0.2, 0.25) is 5.28 Å². The van der Waals surface area contributed by atoms with Crippen LogP contribution in [0.15, 0.2) is 34.8 Å². The van der Waals surface area contributed by atoms with Crippen molar-refractivity contribution in [1.29, 1.82) is 0 Å². The average Bonchev–Trinajstić information content (AvgIpc) is 2.90. The summed E-state index contributed by atoms with van der Waals surface area (Å²) in [7, 11) is -3.67. The fraction of sp³-hybridized carbons (Fsp3) is 0.333. The number of thiophene rings is 1. The minimum Gasteiger partial charge on any atom is -0.225 e. The first-order chi connectivity index (χ1) is 9.40. The molecule has 0 amide bonds. The van der Waals surface area contributed by atoms with Crippen molar-refractivity contribution in [2.24, 2.45) is 5.92 Å². The van der Waals surface area contributed by atoms with Crippen molar-refractivity contribution in [2.45, 2.75) is 24.8 Å². The summed E-state index contributed by atoms with van der Waals surface area (Å²) in [6.07, 6.45) is 2.40. The van der Waals surface area contributed by atoms with Crippen LogP contribution in [0, 0.1) is 5.92 Å². The molecule has 20 heavy (non-hydrogen) atoms. The number of hydrogen-bond acceptors (Lipinski definition) is 5. The molecule has 0 aromatic carbocycles. The molecule has 0 fully saturated rings. The summed E-state index contributed by atoms with van der Waals surface area (Å²) in [5.41, 5.74) is 0. The van der Waals surface area contributed by atoms with E-state index in [1.165, 1.54) is 23.7 Å². The van der Waals surface area contributed by atoms with E-state index in [-0.39, 0.29) is 22.1 Å². The SMILES string of the molecule is CC(C)C(NS(=O)(=O)c1cnc(Cl)nc1)c1cccs1. The zero-order chi connectivity index (χ0) is 14.8. The first kappa shape index (κ1) is 15.4. The Morgan fingerprint density at radius 2 is 1.95 bits per heavy atom. The number of rotatable bonds is 5. The van der Waals surface area contributed by atoms with Crippen LogP contribution in [0.3, 0.4) is 0 Å². The molecule has 0 aliphatic rings. The Balaban J connectivity index is 2.28. The molecule has 2 rings (SSSR count). The van der Waals surface area contributed by atoms with Crippen LogP contribution < -0.4 is 4.72 Å². The van der Waals surface area contributed by atoms with Crippen LogP contribution in [-0.2, 0) is 10.0 Å². The summed E-state index contributed by atoms with van der Waals surface area (Å²) in [5.74, 6) is 0.122. The standard InChI is InChI=1S/C12H14ClN3O2S2/c1-8(2)11(10-4-3-5-19-10)16-20(17,18)9-6-14-12(13)15-7-9/h3-8,11,16H,1-2H3. The van der Waals surface area contributed by atoms with Crippen molar-refractivity contribution in [1.82, 2.24) is 14.7 Å². The Kier molecular flexibility index (Phi) is 4.74. The molecule has 2 heterocycles. The normalized spacial score (nSPS) is 13.6. The largest absolute Gasteiger partial charge is 0.244 e. The molecule has 0 aliphatic carbocycles. The van der Waals surface area contributed by atoms with Crippen LogP contribution in [0.25, 0.3) is 0 Å². The fourth-order valence-corrected chi connectivity index (χ4v) is 4.04. The molecule has 1 atom stereocenters. The second-order valence-corrected chi connectivity index (χ2v) is 7.58. The van der Waals surface area contributed by atoms with Gasteiger partial charge in [-0.15, -0.1) is 11.3 Å². The van der Waals surface area contributed by atoms with Crippen molar-refractivity contribution < 1.29 is 8.42 Å². The first-order valence-corrected chi connectivity index (χ1v) is 8.67.